The largest absolute Gasteiger partial charge is 0.491 e. The highest BCUT2D eigenvalue weighted by molar-refractivity contribution is 6.03. The van der Waals surface area contributed by atoms with E-state index in [9.17, 15) is 9.59 Å². The Labute approximate surface area is 118 Å². The second kappa shape index (κ2) is 6.41. The van der Waals surface area contributed by atoms with Gasteiger partial charge < -0.3 is 15.4 Å². The maximum Gasteiger partial charge on any atom is 0.233 e. The van der Waals surface area contributed by atoms with Gasteiger partial charge >= 0.3 is 0 Å². The summed E-state index contributed by atoms with van der Waals surface area (Å²) in [6.45, 7) is 3.91. The molecule has 0 aromatic heterocycles. The van der Waals surface area contributed by atoms with E-state index in [-0.39, 0.29) is 30.4 Å². The molecule has 5 heteroatoms. The lowest BCUT2D eigenvalue weighted by atomic mass is 10.3. The van der Waals surface area contributed by atoms with Gasteiger partial charge in [-0.05, 0) is 51.0 Å². The number of hydrogen-bond donors (Lipinski definition) is 2. The van der Waals surface area contributed by atoms with E-state index in [1.807, 2.05) is 13.8 Å². The van der Waals surface area contributed by atoms with Gasteiger partial charge in [-0.15, -0.1) is 0 Å². The van der Waals surface area contributed by atoms with Crippen molar-refractivity contribution in [1.82, 2.24) is 5.32 Å². The summed E-state index contributed by atoms with van der Waals surface area (Å²) in [5, 5.41) is 5.47. The van der Waals surface area contributed by atoms with Crippen LogP contribution in [0.2, 0.25) is 0 Å². The lowest BCUT2D eigenvalue weighted by molar-refractivity contribution is -0.126. The average molecular weight is 276 g/mol. The second-order valence-electron chi connectivity index (χ2n) is 5.26. The first-order valence-corrected chi connectivity index (χ1v) is 6.89. The fourth-order valence-corrected chi connectivity index (χ4v) is 1.75. The van der Waals surface area contributed by atoms with Crippen LogP contribution in [0.1, 0.15) is 33.1 Å². The van der Waals surface area contributed by atoms with E-state index in [1.54, 1.807) is 24.3 Å². The van der Waals surface area contributed by atoms with Crippen molar-refractivity contribution in [3.8, 4) is 5.75 Å². The van der Waals surface area contributed by atoms with Crippen LogP contribution in [0.3, 0.4) is 0 Å². The maximum atomic E-state index is 11.7. The van der Waals surface area contributed by atoms with E-state index in [0.717, 1.165) is 18.6 Å². The molecule has 0 saturated heterocycles. The highest BCUT2D eigenvalue weighted by Crippen LogP contribution is 2.19. The quantitative estimate of drug-likeness (QED) is 0.782. The van der Waals surface area contributed by atoms with Gasteiger partial charge in [-0.3, -0.25) is 9.59 Å². The molecule has 0 radical (unpaired) electrons. The molecule has 1 aliphatic rings. The molecule has 2 amide bonds. The monoisotopic (exact) mass is 276 g/mol. The van der Waals surface area contributed by atoms with Crippen LogP contribution in [0.4, 0.5) is 5.69 Å². The Kier molecular flexibility index (Phi) is 4.61. The molecule has 5 nitrogen and oxygen atoms in total. The number of benzene rings is 1. The summed E-state index contributed by atoms with van der Waals surface area (Å²) in [5.74, 6) is 0.231. The van der Waals surface area contributed by atoms with Crippen LogP contribution in [0.5, 0.6) is 5.75 Å². The third-order valence-corrected chi connectivity index (χ3v) is 2.77. The molecule has 0 spiro atoms. The Morgan fingerprint density at radius 2 is 1.85 bits per heavy atom. The van der Waals surface area contributed by atoms with Crippen LogP contribution in [0.25, 0.3) is 0 Å². The topological polar surface area (TPSA) is 67.4 Å². The Hall–Kier alpha value is -2.04. The minimum absolute atomic E-state index is 0.113. The molecule has 0 aliphatic heterocycles. The number of amides is 2. The van der Waals surface area contributed by atoms with Crippen molar-refractivity contribution < 1.29 is 14.3 Å². The number of carbonyl (C=O) groups is 2. The lowest BCUT2D eigenvalue weighted by Gasteiger charge is -2.10. The van der Waals surface area contributed by atoms with Crippen LogP contribution in [0, 0.1) is 0 Å². The summed E-state index contributed by atoms with van der Waals surface area (Å²) < 4.78 is 5.51. The summed E-state index contributed by atoms with van der Waals surface area (Å²) in [6, 6.07) is 7.38. The molecule has 2 N–H and O–H groups in total. The van der Waals surface area contributed by atoms with Gasteiger partial charge in [0.1, 0.15) is 12.2 Å². The van der Waals surface area contributed by atoms with Gasteiger partial charge in [0.25, 0.3) is 0 Å². The highest BCUT2D eigenvalue weighted by Gasteiger charge is 2.24. The van der Waals surface area contributed by atoms with Gasteiger partial charge in [0.05, 0.1) is 6.10 Å². The van der Waals surface area contributed by atoms with Crippen molar-refractivity contribution in [2.45, 2.75) is 45.3 Å². The van der Waals surface area contributed by atoms with Gasteiger partial charge in [-0.2, -0.15) is 0 Å². The zero-order valence-electron chi connectivity index (χ0n) is 11.8. The van der Waals surface area contributed by atoms with Crippen molar-refractivity contribution in [3.05, 3.63) is 24.3 Å². The first kappa shape index (κ1) is 14.4. The lowest BCUT2D eigenvalue weighted by Crippen LogP contribution is -2.29. The molecule has 108 valence electrons. The van der Waals surface area contributed by atoms with Crippen molar-refractivity contribution in [1.29, 1.82) is 0 Å². The zero-order valence-corrected chi connectivity index (χ0v) is 11.8. The minimum atomic E-state index is -0.305. The molecule has 1 saturated carbocycles. The van der Waals surface area contributed by atoms with Crippen LogP contribution in [-0.4, -0.2) is 24.0 Å². The first-order chi connectivity index (χ1) is 9.52. The van der Waals surface area contributed by atoms with Gasteiger partial charge in [-0.1, -0.05) is 0 Å². The van der Waals surface area contributed by atoms with Crippen LogP contribution < -0.4 is 15.4 Å². The zero-order chi connectivity index (χ0) is 14.5. The first-order valence-electron chi connectivity index (χ1n) is 6.89. The van der Waals surface area contributed by atoms with E-state index in [4.69, 9.17) is 4.74 Å². The summed E-state index contributed by atoms with van der Waals surface area (Å²) in [6.07, 6.45) is 2.01. The van der Waals surface area contributed by atoms with E-state index >= 15 is 0 Å². The maximum absolute atomic E-state index is 11.7. The molecule has 0 atom stereocenters. The van der Waals surface area contributed by atoms with Gasteiger partial charge in [0.2, 0.25) is 11.8 Å². The predicted octanol–water partition coefficient (Wildman–Crippen LogP) is 2.08. The molecule has 2 rings (SSSR count). The van der Waals surface area contributed by atoms with E-state index < -0.39 is 0 Å². The fourth-order valence-electron chi connectivity index (χ4n) is 1.75. The SMILES string of the molecule is CC(C)Oc1ccc(NC(=O)CC(=O)NC2CC2)cc1. The third-order valence-electron chi connectivity index (χ3n) is 2.77. The van der Waals surface area contributed by atoms with E-state index in [0.29, 0.717) is 5.69 Å². The second-order valence-corrected chi connectivity index (χ2v) is 5.26. The Bertz CT molecular complexity index is 478. The molecular formula is C15H20N2O3. The fraction of sp³-hybridized carbons (Fsp3) is 0.467. The number of hydrogen-bond acceptors (Lipinski definition) is 3. The predicted molar refractivity (Wildman–Crippen MR) is 76.6 cm³/mol. The standard InChI is InChI=1S/C15H20N2O3/c1-10(2)20-13-7-5-12(6-8-13)17-15(19)9-14(18)16-11-3-4-11/h5-8,10-11H,3-4,9H2,1-2H3,(H,16,18)(H,17,19). The smallest absolute Gasteiger partial charge is 0.233 e. The number of ether oxygens (including phenoxy) is 1. The van der Waals surface area contributed by atoms with E-state index in [2.05, 4.69) is 10.6 Å². The summed E-state index contributed by atoms with van der Waals surface area (Å²) >= 11 is 0. The molecule has 1 aromatic rings. The molecule has 1 fully saturated rings. The Morgan fingerprint density at radius 3 is 2.40 bits per heavy atom. The Balaban J connectivity index is 1.79. The Morgan fingerprint density at radius 1 is 1.20 bits per heavy atom. The molecule has 1 aromatic carbocycles. The van der Waals surface area contributed by atoms with Gasteiger partial charge in [-0.25, -0.2) is 0 Å². The van der Waals surface area contributed by atoms with Gasteiger partial charge in [0.15, 0.2) is 0 Å². The molecule has 20 heavy (non-hydrogen) atoms. The van der Waals surface area contributed by atoms with Crippen LogP contribution >= 0.6 is 0 Å². The third kappa shape index (κ3) is 4.91. The summed E-state index contributed by atoms with van der Waals surface area (Å²) in [4.78, 5) is 23.2. The van der Waals surface area contributed by atoms with Crippen molar-refractivity contribution in [2.24, 2.45) is 0 Å². The number of carbonyl (C=O) groups excluding carboxylic acids is 2. The van der Waals surface area contributed by atoms with Crippen LogP contribution in [-0.2, 0) is 9.59 Å². The van der Waals surface area contributed by atoms with Crippen molar-refractivity contribution in [3.63, 3.8) is 0 Å². The highest BCUT2D eigenvalue weighted by atomic mass is 16.5. The molecular weight excluding hydrogens is 256 g/mol. The van der Waals surface area contributed by atoms with Gasteiger partial charge in [0, 0.05) is 11.7 Å². The molecule has 0 bridgehead atoms. The molecule has 1 aliphatic carbocycles. The number of nitrogens with one attached hydrogen (secondary N) is 2. The van der Waals surface area contributed by atoms with Crippen molar-refractivity contribution >= 4 is 17.5 Å². The van der Waals surface area contributed by atoms with Crippen molar-refractivity contribution in [2.75, 3.05) is 5.32 Å². The average Bonchev–Trinajstić information content (AvgIpc) is 3.14. The summed E-state index contributed by atoms with van der Waals surface area (Å²) in [5.41, 5.74) is 0.658. The number of rotatable bonds is 6. The normalized spacial score (nSPS) is 13.9. The molecule has 0 heterocycles. The number of anilines is 1. The minimum Gasteiger partial charge on any atom is -0.491 e. The van der Waals surface area contributed by atoms with E-state index in [1.165, 1.54) is 0 Å². The van der Waals surface area contributed by atoms with Crippen LogP contribution in [0.15, 0.2) is 24.3 Å². The molecule has 0 unspecified atom stereocenters. The summed E-state index contributed by atoms with van der Waals surface area (Å²) in [7, 11) is 0.